The average molecular weight is 240 g/mol. The van der Waals surface area contributed by atoms with E-state index in [-0.39, 0.29) is 18.7 Å². The summed E-state index contributed by atoms with van der Waals surface area (Å²) in [5, 5.41) is 13.0. The Balaban J connectivity index is 2.48. The molecule has 2 amide bonds. The van der Waals surface area contributed by atoms with E-state index in [1.54, 1.807) is 13.0 Å². The van der Waals surface area contributed by atoms with E-state index in [1.165, 1.54) is 12.1 Å². The van der Waals surface area contributed by atoms with Crippen molar-refractivity contribution in [2.45, 2.75) is 13.3 Å². The van der Waals surface area contributed by atoms with Gasteiger partial charge in [-0.2, -0.15) is 0 Å². The summed E-state index contributed by atoms with van der Waals surface area (Å²) < 4.78 is 13.3. The maximum Gasteiger partial charge on any atom is 0.319 e. The molecule has 1 rings (SSSR count). The summed E-state index contributed by atoms with van der Waals surface area (Å²) in [5.41, 5.74) is 0.808. The first-order valence-electron chi connectivity index (χ1n) is 5.02. The lowest BCUT2D eigenvalue weighted by Crippen LogP contribution is -2.30. The molecule has 0 aromatic heterocycles. The van der Waals surface area contributed by atoms with Gasteiger partial charge in [0.25, 0.3) is 0 Å². The molecule has 0 spiro atoms. The molecular formula is C11H13FN2O3. The molecular weight excluding hydrogens is 227 g/mol. The van der Waals surface area contributed by atoms with Gasteiger partial charge >= 0.3 is 12.0 Å². The molecule has 0 atom stereocenters. The molecule has 0 saturated heterocycles. The fraction of sp³-hybridized carbons (Fsp3) is 0.273. The summed E-state index contributed by atoms with van der Waals surface area (Å²) in [7, 11) is 0. The van der Waals surface area contributed by atoms with Gasteiger partial charge in [0.2, 0.25) is 0 Å². The molecule has 6 heteroatoms. The number of benzene rings is 1. The lowest BCUT2D eigenvalue weighted by Gasteiger charge is -2.07. The SMILES string of the molecule is Cc1ccc(NC(=O)NCCC(=O)O)c(F)c1. The van der Waals surface area contributed by atoms with Gasteiger partial charge in [0, 0.05) is 6.54 Å². The van der Waals surface area contributed by atoms with Gasteiger partial charge in [0.05, 0.1) is 12.1 Å². The van der Waals surface area contributed by atoms with Crippen LogP contribution >= 0.6 is 0 Å². The molecule has 0 radical (unpaired) electrons. The fourth-order valence-electron chi connectivity index (χ4n) is 1.17. The van der Waals surface area contributed by atoms with Crippen LogP contribution in [-0.2, 0) is 4.79 Å². The van der Waals surface area contributed by atoms with Crippen LogP contribution in [0.3, 0.4) is 0 Å². The number of anilines is 1. The molecule has 0 aliphatic rings. The Bertz CT molecular complexity index is 435. The third kappa shape index (κ3) is 4.50. The molecule has 3 N–H and O–H groups in total. The zero-order chi connectivity index (χ0) is 12.8. The van der Waals surface area contributed by atoms with E-state index in [0.29, 0.717) is 0 Å². The molecule has 17 heavy (non-hydrogen) atoms. The lowest BCUT2D eigenvalue weighted by molar-refractivity contribution is -0.136. The second-order valence-corrected chi connectivity index (χ2v) is 3.51. The summed E-state index contributed by atoms with van der Waals surface area (Å²) in [6.45, 7) is 1.73. The first-order valence-corrected chi connectivity index (χ1v) is 5.02. The predicted octanol–water partition coefficient (Wildman–Crippen LogP) is 1.73. The number of carbonyl (C=O) groups is 2. The Kier molecular flexibility index (Phi) is 4.45. The Labute approximate surface area is 97.6 Å². The minimum absolute atomic E-state index is 0.00531. The molecule has 0 unspecified atom stereocenters. The van der Waals surface area contributed by atoms with Crippen LogP contribution in [0.2, 0.25) is 0 Å². The third-order valence-corrected chi connectivity index (χ3v) is 2.00. The minimum Gasteiger partial charge on any atom is -0.481 e. The quantitative estimate of drug-likeness (QED) is 0.749. The Hall–Kier alpha value is -2.11. The molecule has 0 heterocycles. The highest BCUT2D eigenvalue weighted by Crippen LogP contribution is 2.14. The van der Waals surface area contributed by atoms with Gasteiger partial charge in [0.15, 0.2) is 0 Å². The van der Waals surface area contributed by atoms with Gasteiger partial charge in [-0.15, -0.1) is 0 Å². The second-order valence-electron chi connectivity index (χ2n) is 3.51. The molecule has 0 aliphatic carbocycles. The molecule has 0 bridgehead atoms. The molecule has 1 aromatic carbocycles. The van der Waals surface area contributed by atoms with Crippen LogP contribution in [0.5, 0.6) is 0 Å². The number of carboxylic acids is 1. The van der Waals surface area contributed by atoms with Crippen molar-refractivity contribution in [2.75, 3.05) is 11.9 Å². The normalized spacial score (nSPS) is 9.76. The third-order valence-electron chi connectivity index (χ3n) is 2.00. The minimum atomic E-state index is -1.01. The molecule has 1 aromatic rings. The number of nitrogens with one attached hydrogen (secondary N) is 2. The molecule has 0 saturated carbocycles. The van der Waals surface area contributed by atoms with Crippen molar-refractivity contribution in [2.24, 2.45) is 0 Å². The number of carbonyl (C=O) groups excluding carboxylic acids is 1. The van der Waals surface area contributed by atoms with Crippen molar-refractivity contribution >= 4 is 17.7 Å². The number of aryl methyl sites for hydroxylation is 1. The number of carboxylic acid groups (broad SMARTS) is 1. The second kappa shape index (κ2) is 5.83. The zero-order valence-corrected chi connectivity index (χ0v) is 9.29. The number of amides is 2. The van der Waals surface area contributed by atoms with Crippen molar-refractivity contribution in [1.82, 2.24) is 5.32 Å². The lowest BCUT2D eigenvalue weighted by atomic mass is 10.2. The van der Waals surface area contributed by atoms with Crippen LogP contribution in [0.15, 0.2) is 18.2 Å². The smallest absolute Gasteiger partial charge is 0.319 e. The van der Waals surface area contributed by atoms with Gasteiger partial charge in [-0.05, 0) is 24.6 Å². The number of rotatable bonds is 4. The Morgan fingerprint density at radius 2 is 2.12 bits per heavy atom. The highest BCUT2D eigenvalue weighted by Gasteiger charge is 2.06. The van der Waals surface area contributed by atoms with Crippen LogP contribution in [0.4, 0.5) is 14.9 Å². The van der Waals surface area contributed by atoms with E-state index in [0.717, 1.165) is 5.56 Å². The topological polar surface area (TPSA) is 78.4 Å². The van der Waals surface area contributed by atoms with Gasteiger partial charge in [-0.25, -0.2) is 9.18 Å². The number of hydrogen-bond donors (Lipinski definition) is 3. The van der Waals surface area contributed by atoms with Gasteiger partial charge < -0.3 is 15.7 Å². The van der Waals surface area contributed by atoms with Gasteiger partial charge in [-0.1, -0.05) is 6.07 Å². The first-order chi connectivity index (χ1) is 7.99. The van der Waals surface area contributed by atoms with E-state index < -0.39 is 17.8 Å². The van der Waals surface area contributed by atoms with Crippen LogP contribution in [0.1, 0.15) is 12.0 Å². The van der Waals surface area contributed by atoms with E-state index in [9.17, 15) is 14.0 Å². The number of aliphatic carboxylic acids is 1. The predicted molar refractivity (Wildman–Crippen MR) is 60.4 cm³/mol. The zero-order valence-electron chi connectivity index (χ0n) is 9.29. The summed E-state index contributed by atoms with van der Waals surface area (Å²) >= 11 is 0. The standard InChI is InChI=1S/C11H13FN2O3/c1-7-2-3-9(8(12)6-7)14-11(17)13-5-4-10(15)16/h2-3,6H,4-5H2,1H3,(H,15,16)(H2,13,14,17). The Morgan fingerprint density at radius 3 is 2.71 bits per heavy atom. The fourth-order valence-corrected chi connectivity index (χ4v) is 1.17. The van der Waals surface area contributed by atoms with Crippen LogP contribution in [-0.4, -0.2) is 23.7 Å². The number of halogens is 1. The van der Waals surface area contributed by atoms with Crippen molar-refractivity contribution in [3.63, 3.8) is 0 Å². The van der Waals surface area contributed by atoms with Crippen molar-refractivity contribution in [3.05, 3.63) is 29.6 Å². The van der Waals surface area contributed by atoms with Gasteiger partial charge in [0.1, 0.15) is 5.82 Å². The van der Waals surface area contributed by atoms with E-state index in [4.69, 9.17) is 5.11 Å². The monoisotopic (exact) mass is 240 g/mol. The van der Waals surface area contributed by atoms with Crippen LogP contribution in [0, 0.1) is 12.7 Å². The summed E-state index contributed by atoms with van der Waals surface area (Å²) in [5.74, 6) is -1.54. The summed E-state index contributed by atoms with van der Waals surface area (Å²) in [6, 6.07) is 3.78. The molecule has 92 valence electrons. The highest BCUT2D eigenvalue weighted by atomic mass is 19.1. The van der Waals surface area contributed by atoms with Crippen LogP contribution in [0.25, 0.3) is 0 Å². The average Bonchev–Trinajstić information content (AvgIpc) is 2.21. The maximum atomic E-state index is 13.3. The molecule has 0 aliphatic heterocycles. The van der Waals surface area contributed by atoms with Crippen LogP contribution < -0.4 is 10.6 Å². The largest absolute Gasteiger partial charge is 0.481 e. The Morgan fingerprint density at radius 1 is 1.41 bits per heavy atom. The first kappa shape index (κ1) is 13.0. The number of hydrogen-bond acceptors (Lipinski definition) is 2. The maximum absolute atomic E-state index is 13.3. The van der Waals surface area contributed by atoms with E-state index in [2.05, 4.69) is 10.6 Å². The van der Waals surface area contributed by atoms with E-state index >= 15 is 0 Å². The van der Waals surface area contributed by atoms with Crippen molar-refractivity contribution in [3.8, 4) is 0 Å². The summed E-state index contributed by atoms with van der Waals surface area (Å²) in [4.78, 5) is 21.4. The van der Waals surface area contributed by atoms with E-state index in [1.807, 2.05) is 0 Å². The van der Waals surface area contributed by atoms with Crippen molar-refractivity contribution < 1.29 is 19.1 Å². The van der Waals surface area contributed by atoms with Crippen molar-refractivity contribution in [1.29, 1.82) is 0 Å². The highest BCUT2D eigenvalue weighted by molar-refractivity contribution is 5.89. The number of urea groups is 1. The molecule has 0 fully saturated rings. The molecule has 5 nitrogen and oxygen atoms in total. The summed E-state index contributed by atoms with van der Waals surface area (Å²) in [6.07, 6.45) is -0.177. The van der Waals surface area contributed by atoms with Gasteiger partial charge in [-0.3, -0.25) is 4.79 Å².